The SMILES string of the molecule is O=S1(=O)CCN(c2cc(Cl)nc(N3CCOCC3)n2)CC1. The topological polar surface area (TPSA) is 75.6 Å². The van der Waals surface area contributed by atoms with Crippen LogP contribution in [-0.4, -0.2) is 69.3 Å². The number of ether oxygens (including phenoxy) is 1. The molecule has 0 atom stereocenters. The molecule has 0 aliphatic carbocycles. The van der Waals surface area contributed by atoms with Crippen LogP contribution in [0.4, 0.5) is 11.8 Å². The second kappa shape index (κ2) is 5.94. The molecule has 21 heavy (non-hydrogen) atoms. The van der Waals surface area contributed by atoms with Crippen LogP contribution in [0, 0.1) is 0 Å². The van der Waals surface area contributed by atoms with Gasteiger partial charge in [0.1, 0.15) is 11.0 Å². The zero-order valence-electron chi connectivity index (χ0n) is 11.5. The smallest absolute Gasteiger partial charge is 0.228 e. The Morgan fingerprint density at radius 2 is 1.71 bits per heavy atom. The van der Waals surface area contributed by atoms with Crippen molar-refractivity contribution in [3.05, 3.63) is 11.2 Å². The molecule has 0 N–H and O–H groups in total. The number of nitrogens with zero attached hydrogens (tertiary/aromatic N) is 4. The summed E-state index contributed by atoms with van der Waals surface area (Å²) in [5.41, 5.74) is 0. The second-order valence-electron chi connectivity index (χ2n) is 5.09. The first-order valence-electron chi connectivity index (χ1n) is 6.86. The van der Waals surface area contributed by atoms with Gasteiger partial charge in [0.25, 0.3) is 0 Å². The van der Waals surface area contributed by atoms with E-state index in [1.807, 2.05) is 9.80 Å². The highest BCUT2D eigenvalue weighted by Gasteiger charge is 2.24. The maximum Gasteiger partial charge on any atom is 0.228 e. The van der Waals surface area contributed by atoms with Gasteiger partial charge in [-0.3, -0.25) is 0 Å². The summed E-state index contributed by atoms with van der Waals surface area (Å²) in [6.45, 7) is 3.64. The van der Waals surface area contributed by atoms with Gasteiger partial charge in [-0.25, -0.2) is 13.4 Å². The van der Waals surface area contributed by atoms with Crippen LogP contribution in [-0.2, 0) is 14.6 Å². The molecule has 1 aromatic heterocycles. The fourth-order valence-corrected chi connectivity index (χ4v) is 3.78. The highest BCUT2D eigenvalue weighted by molar-refractivity contribution is 7.91. The Morgan fingerprint density at radius 3 is 2.38 bits per heavy atom. The van der Waals surface area contributed by atoms with E-state index < -0.39 is 9.84 Å². The van der Waals surface area contributed by atoms with Crippen LogP contribution < -0.4 is 9.80 Å². The molecule has 0 unspecified atom stereocenters. The maximum atomic E-state index is 11.5. The van der Waals surface area contributed by atoms with E-state index in [4.69, 9.17) is 16.3 Å². The van der Waals surface area contributed by atoms with Crippen LogP contribution in [0.2, 0.25) is 5.15 Å². The number of hydrogen-bond acceptors (Lipinski definition) is 7. The van der Waals surface area contributed by atoms with Crippen molar-refractivity contribution < 1.29 is 13.2 Å². The summed E-state index contributed by atoms with van der Waals surface area (Å²) in [6, 6.07) is 1.68. The number of sulfone groups is 1. The van der Waals surface area contributed by atoms with Gasteiger partial charge in [0.2, 0.25) is 5.95 Å². The summed E-state index contributed by atoms with van der Waals surface area (Å²) in [4.78, 5) is 12.8. The van der Waals surface area contributed by atoms with E-state index in [0.29, 0.717) is 43.2 Å². The lowest BCUT2D eigenvalue weighted by Gasteiger charge is -2.30. The van der Waals surface area contributed by atoms with E-state index in [1.54, 1.807) is 6.07 Å². The molecular formula is C12H17ClN4O3S. The summed E-state index contributed by atoms with van der Waals surface area (Å²) in [5, 5.41) is 0.370. The summed E-state index contributed by atoms with van der Waals surface area (Å²) in [7, 11) is -2.91. The van der Waals surface area contributed by atoms with Gasteiger partial charge in [-0.15, -0.1) is 0 Å². The van der Waals surface area contributed by atoms with Gasteiger partial charge in [-0.05, 0) is 0 Å². The summed E-state index contributed by atoms with van der Waals surface area (Å²) in [6.07, 6.45) is 0. The molecule has 2 fully saturated rings. The van der Waals surface area contributed by atoms with Gasteiger partial charge in [0.05, 0.1) is 24.7 Å². The molecule has 0 saturated carbocycles. The van der Waals surface area contributed by atoms with Crippen molar-refractivity contribution in [1.82, 2.24) is 9.97 Å². The van der Waals surface area contributed by atoms with Crippen LogP contribution in [0.5, 0.6) is 0 Å². The quantitative estimate of drug-likeness (QED) is 0.716. The van der Waals surface area contributed by atoms with E-state index in [-0.39, 0.29) is 11.5 Å². The summed E-state index contributed by atoms with van der Waals surface area (Å²) < 4.78 is 28.3. The molecule has 2 aliphatic heterocycles. The average Bonchev–Trinajstić information content (AvgIpc) is 2.47. The Hall–Kier alpha value is -1.12. The Morgan fingerprint density at radius 1 is 1.05 bits per heavy atom. The Labute approximate surface area is 128 Å². The molecule has 0 spiro atoms. The van der Waals surface area contributed by atoms with Gasteiger partial charge in [-0.2, -0.15) is 4.98 Å². The number of halogens is 1. The molecule has 2 saturated heterocycles. The van der Waals surface area contributed by atoms with E-state index in [2.05, 4.69) is 9.97 Å². The number of hydrogen-bond donors (Lipinski definition) is 0. The Bertz CT molecular complexity index is 605. The third kappa shape index (κ3) is 3.56. The lowest BCUT2D eigenvalue weighted by Crippen LogP contribution is -2.41. The summed E-state index contributed by atoms with van der Waals surface area (Å²) in [5.74, 6) is 1.57. The molecule has 0 amide bonds. The first-order chi connectivity index (χ1) is 10.0. The lowest BCUT2D eigenvalue weighted by atomic mass is 10.4. The van der Waals surface area contributed by atoms with Gasteiger partial charge in [0, 0.05) is 32.2 Å². The second-order valence-corrected chi connectivity index (χ2v) is 7.78. The summed E-state index contributed by atoms with van der Waals surface area (Å²) >= 11 is 6.09. The van der Waals surface area contributed by atoms with Crippen LogP contribution in [0.25, 0.3) is 0 Å². The lowest BCUT2D eigenvalue weighted by molar-refractivity contribution is 0.122. The minimum Gasteiger partial charge on any atom is -0.378 e. The molecular weight excluding hydrogens is 316 g/mol. The Balaban J connectivity index is 1.81. The molecule has 9 heteroatoms. The van der Waals surface area contributed by atoms with Gasteiger partial charge in [0.15, 0.2) is 9.84 Å². The van der Waals surface area contributed by atoms with Crippen LogP contribution in [0.1, 0.15) is 0 Å². The van der Waals surface area contributed by atoms with Gasteiger partial charge < -0.3 is 14.5 Å². The molecule has 0 radical (unpaired) electrons. The third-order valence-corrected chi connectivity index (χ3v) is 5.43. The molecule has 116 valence electrons. The first-order valence-corrected chi connectivity index (χ1v) is 9.06. The number of aromatic nitrogens is 2. The van der Waals surface area contributed by atoms with Crippen molar-refractivity contribution in [3.63, 3.8) is 0 Å². The van der Waals surface area contributed by atoms with Crippen LogP contribution in [0.15, 0.2) is 6.07 Å². The normalized spacial score (nSPS) is 22.3. The van der Waals surface area contributed by atoms with E-state index in [9.17, 15) is 8.42 Å². The van der Waals surface area contributed by atoms with Gasteiger partial charge >= 0.3 is 0 Å². The fourth-order valence-electron chi connectivity index (χ4n) is 2.40. The van der Waals surface area contributed by atoms with Crippen molar-refractivity contribution >= 4 is 33.2 Å². The maximum absolute atomic E-state index is 11.5. The largest absolute Gasteiger partial charge is 0.378 e. The zero-order chi connectivity index (χ0) is 14.9. The Kier molecular flexibility index (Phi) is 4.19. The van der Waals surface area contributed by atoms with Crippen LogP contribution >= 0.6 is 11.6 Å². The molecule has 3 heterocycles. The minimum absolute atomic E-state index is 0.154. The van der Waals surface area contributed by atoms with Crippen molar-refractivity contribution in [2.24, 2.45) is 0 Å². The zero-order valence-corrected chi connectivity index (χ0v) is 13.1. The van der Waals surface area contributed by atoms with Crippen molar-refractivity contribution in [2.75, 3.05) is 60.7 Å². The molecule has 1 aromatic rings. The fraction of sp³-hybridized carbons (Fsp3) is 0.667. The molecule has 7 nitrogen and oxygen atoms in total. The number of rotatable bonds is 2. The van der Waals surface area contributed by atoms with Crippen molar-refractivity contribution in [1.29, 1.82) is 0 Å². The van der Waals surface area contributed by atoms with E-state index in [1.165, 1.54) is 0 Å². The number of morpholine rings is 1. The third-order valence-electron chi connectivity index (χ3n) is 3.63. The monoisotopic (exact) mass is 332 g/mol. The van der Waals surface area contributed by atoms with Gasteiger partial charge in [-0.1, -0.05) is 11.6 Å². The first kappa shape index (κ1) is 14.8. The molecule has 0 bridgehead atoms. The number of anilines is 2. The highest BCUT2D eigenvalue weighted by Crippen LogP contribution is 2.22. The predicted molar refractivity (Wildman–Crippen MR) is 80.9 cm³/mol. The minimum atomic E-state index is -2.91. The molecule has 3 rings (SSSR count). The highest BCUT2D eigenvalue weighted by atomic mass is 35.5. The predicted octanol–water partition coefficient (Wildman–Crippen LogP) is 0.201. The van der Waals surface area contributed by atoms with Crippen molar-refractivity contribution in [3.8, 4) is 0 Å². The standard InChI is InChI=1S/C12H17ClN4O3S/c13-10-9-11(16-3-7-21(18,19)8-4-16)15-12(14-10)17-1-5-20-6-2-17/h9H,1-8H2. The van der Waals surface area contributed by atoms with E-state index in [0.717, 1.165) is 13.1 Å². The molecule has 2 aliphatic rings. The average molecular weight is 333 g/mol. The molecule has 0 aromatic carbocycles. The van der Waals surface area contributed by atoms with Crippen LogP contribution in [0.3, 0.4) is 0 Å². The van der Waals surface area contributed by atoms with Crippen molar-refractivity contribution in [2.45, 2.75) is 0 Å². The van der Waals surface area contributed by atoms with E-state index >= 15 is 0 Å².